The minimum absolute atomic E-state index is 0.0921. The minimum atomic E-state index is 0.0921. The van der Waals surface area contributed by atoms with Crippen molar-refractivity contribution in [1.29, 1.82) is 0 Å². The number of hydrogen-bond acceptors (Lipinski definition) is 2. The summed E-state index contributed by atoms with van der Waals surface area (Å²) in [5.41, 5.74) is 8.36. The van der Waals surface area contributed by atoms with Crippen LogP contribution in [0.3, 0.4) is 0 Å². The number of hydrogen-bond donors (Lipinski definition) is 1. The molecule has 1 aliphatic rings. The number of nitrogens with zero attached hydrogens (tertiary/aromatic N) is 1. The first-order valence-electron chi connectivity index (χ1n) is 10.4. The molecule has 0 radical (unpaired) electrons. The van der Waals surface area contributed by atoms with Crippen molar-refractivity contribution < 1.29 is 5.11 Å². The number of allylic oxidation sites excluding steroid dienone is 12. The van der Waals surface area contributed by atoms with E-state index in [1.807, 2.05) is 6.08 Å². The molecule has 0 fully saturated rings. The van der Waals surface area contributed by atoms with Crippen LogP contribution in [-0.2, 0) is 0 Å². The molecule has 0 aromatic carbocycles. The van der Waals surface area contributed by atoms with E-state index in [-0.39, 0.29) is 12.0 Å². The third-order valence-corrected chi connectivity index (χ3v) is 5.61. The van der Waals surface area contributed by atoms with Crippen LogP contribution in [0.15, 0.2) is 74.9 Å². The van der Waals surface area contributed by atoms with Crippen LogP contribution in [0.2, 0.25) is 0 Å². The standard InChI is InChI=1S/C26H39NO/c1-20(22(3)14-16-27-17-18-28)11-8-9-12-21(2)24(5)19-25-23(4)13-10-15-26(25,6)7/h8-9,11-12,14,16,19,28H,10,13,15,17-18H2,1-7H3/b9-8+,20-11+,21-12+,22-14+,24-19+,27-16+. The van der Waals surface area contributed by atoms with Crippen molar-refractivity contribution in [3.05, 3.63) is 69.9 Å². The SMILES string of the molecule is CC1=C(/C=C(C)/C(C)=C/C=C/C=C(C)/C(C)=C/C=N/CCO)C(C)(C)CCC1. The van der Waals surface area contributed by atoms with Crippen molar-refractivity contribution in [3.63, 3.8) is 0 Å². The van der Waals surface area contributed by atoms with Gasteiger partial charge in [-0.05, 0) is 93.2 Å². The van der Waals surface area contributed by atoms with E-state index in [0.717, 1.165) is 0 Å². The summed E-state index contributed by atoms with van der Waals surface area (Å²) in [4.78, 5) is 4.10. The van der Waals surface area contributed by atoms with Gasteiger partial charge >= 0.3 is 0 Å². The van der Waals surface area contributed by atoms with E-state index in [0.29, 0.717) is 6.54 Å². The Labute approximate surface area is 172 Å². The monoisotopic (exact) mass is 381 g/mol. The Kier molecular flexibility index (Phi) is 10.2. The molecule has 0 aromatic heterocycles. The van der Waals surface area contributed by atoms with Gasteiger partial charge in [0.1, 0.15) is 0 Å². The van der Waals surface area contributed by atoms with Crippen molar-refractivity contribution in [3.8, 4) is 0 Å². The molecule has 2 heteroatoms. The molecule has 0 aromatic rings. The van der Waals surface area contributed by atoms with E-state index in [4.69, 9.17) is 5.11 Å². The van der Waals surface area contributed by atoms with Gasteiger partial charge in [0, 0.05) is 6.21 Å². The number of aliphatic hydroxyl groups is 1. The maximum Gasteiger partial charge on any atom is 0.0626 e. The highest BCUT2D eigenvalue weighted by Crippen LogP contribution is 2.41. The maximum atomic E-state index is 8.73. The maximum absolute atomic E-state index is 8.73. The number of aliphatic imine (C=N–C) groups is 1. The Balaban J connectivity index is 2.83. The van der Waals surface area contributed by atoms with Gasteiger partial charge in [-0.2, -0.15) is 0 Å². The van der Waals surface area contributed by atoms with Crippen LogP contribution >= 0.6 is 0 Å². The lowest BCUT2D eigenvalue weighted by atomic mass is 9.72. The predicted molar refractivity (Wildman–Crippen MR) is 125 cm³/mol. The Morgan fingerprint density at radius 1 is 0.964 bits per heavy atom. The Bertz CT molecular complexity index is 736. The van der Waals surface area contributed by atoms with Crippen LogP contribution in [0.1, 0.15) is 67.7 Å². The molecule has 0 saturated carbocycles. The van der Waals surface area contributed by atoms with Crippen molar-refractivity contribution in [2.75, 3.05) is 13.2 Å². The van der Waals surface area contributed by atoms with Gasteiger partial charge in [0.15, 0.2) is 0 Å². The molecule has 154 valence electrons. The van der Waals surface area contributed by atoms with Crippen LogP contribution in [-0.4, -0.2) is 24.5 Å². The topological polar surface area (TPSA) is 32.6 Å². The molecule has 2 nitrogen and oxygen atoms in total. The fourth-order valence-electron chi connectivity index (χ4n) is 3.38. The average Bonchev–Trinajstić information content (AvgIpc) is 2.64. The lowest BCUT2D eigenvalue weighted by Gasteiger charge is -2.33. The normalized spacial score (nSPS) is 20.0. The fourth-order valence-corrected chi connectivity index (χ4v) is 3.38. The summed E-state index contributed by atoms with van der Waals surface area (Å²) >= 11 is 0. The second-order valence-corrected chi connectivity index (χ2v) is 8.47. The summed E-state index contributed by atoms with van der Waals surface area (Å²) < 4.78 is 0. The highest BCUT2D eigenvalue weighted by molar-refractivity contribution is 5.73. The first kappa shape index (κ1) is 24.1. The highest BCUT2D eigenvalue weighted by Gasteiger charge is 2.26. The van der Waals surface area contributed by atoms with Crippen LogP contribution in [0, 0.1) is 5.41 Å². The van der Waals surface area contributed by atoms with Crippen molar-refractivity contribution in [2.45, 2.75) is 67.7 Å². The summed E-state index contributed by atoms with van der Waals surface area (Å²) in [6.07, 6.45) is 18.4. The van der Waals surface area contributed by atoms with E-state index in [2.05, 4.69) is 83.8 Å². The smallest absolute Gasteiger partial charge is 0.0626 e. The highest BCUT2D eigenvalue weighted by atomic mass is 16.3. The summed E-state index contributed by atoms with van der Waals surface area (Å²) in [6.45, 7) is 16.1. The van der Waals surface area contributed by atoms with Gasteiger partial charge < -0.3 is 5.11 Å². The molecule has 0 amide bonds. The van der Waals surface area contributed by atoms with Crippen molar-refractivity contribution >= 4 is 6.21 Å². The van der Waals surface area contributed by atoms with Gasteiger partial charge in [0.05, 0.1) is 13.2 Å². The molecular formula is C26H39NO. The van der Waals surface area contributed by atoms with Gasteiger partial charge in [-0.3, -0.25) is 4.99 Å². The van der Waals surface area contributed by atoms with Crippen molar-refractivity contribution in [2.24, 2.45) is 10.4 Å². The third-order valence-electron chi connectivity index (χ3n) is 5.61. The fraction of sp³-hybridized carbons (Fsp3) is 0.500. The van der Waals surface area contributed by atoms with E-state index >= 15 is 0 Å². The Morgan fingerprint density at radius 3 is 2.11 bits per heavy atom. The molecule has 0 heterocycles. The van der Waals surface area contributed by atoms with Crippen molar-refractivity contribution in [1.82, 2.24) is 0 Å². The van der Waals surface area contributed by atoms with Gasteiger partial charge in [-0.15, -0.1) is 0 Å². The second kappa shape index (κ2) is 11.8. The largest absolute Gasteiger partial charge is 0.394 e. The van der Waals surface area contributed by atoms with Gasteiger partial charge in [0.2, 0.25) is 0 Å². The summed E-state index contributed by atoms with van der Waals surface area (Å²) in [5, 5.41) is 8.73. The Morgan fingerprint density at radius 2 is 1.54 bits per heavy atom. The van der Waals surface area contributed by atoms with E-state index in [1.165, 1.54) is 47.1 Å². The lowest BCUT2D eigenvalue weighted by molar-refractivity contribution is 0.307. The zero-order valence-corrected chi connectivity index (χ0v) is 19.0. The average molecular weight is 382 g/mol. The van der Waals surface area contributed by atoms with Gasteiger partial charge in [-0.25, -0.2) is 0 Å². The van der Waals surface area contributed by atoms with E-state index in [1.54, 1.807) is 11.8 Å². The van der Waals surface area contributed by atoms with E-state index < -0.39 is 0 Å². The molecule has 0 saturated heterocycles. The first-order chi connectivity index (χ1) is 13.2. The number of rotatable bonds is 8. The van der Waals surface area contributed by atoms with Crippen LogP contribution in [0.25, 0.3) is 0 Å². The van der Waals surface area contributed by atoms with Crippen LogP contribution in [0.5, 0.6) is 0 Å². The van der Waals surface area contributed by atoms with Crippen LogP contribution in [0.4, 0.5) is 0 Å². The molecule has 0 unspecified atom stereocenters. The molecule has 0 bridgehead atoms. The molecular weight excluding hydrogens is 342 g/mol. The molecule has 0 aliphatic heterocycles. The minimum Gasteiger partial charge on any atom is -0.394 e. The lowest BCUT2D eigenvalue weighted by Crippen LogP contribution is -2.19. The second-order valence-electron chi connectivity index (χ2n) is 8.47. The number of aliphatic hydroxyl groups excluding tert-OH is 1. The quantitative estimate of drug-likeness (QED) is 0.359. The van der Waals surface area contributed by atoms with Crippen LogP contribution < -0.4 is 0 Å². The molecule has 0 atom stereocenters. The summed E-state index contributed by atoms with van der Waals surface area (Å²) in [6, 6.07) is 0. The zero-order chi connectivity index (χ0) is 21.2. The molecule has 1 N–H and O–H groups in total. The molecule has 28 heavy (non-hydrogen) atoms. The van der Waals surface area contributed by atoms with Gasteiger partial charge in [0.25, 0.3) is 0 Å². The van der Waals surface area contributed by atoms with Gasteiger partial charge in [-0.1, -0.05) is 49.8 Å². The predicted octanol–water partition coefficient (Wildman–Crippen LogP) is 6.92. The summed E-state index contributed by atoms with van der Waals surface area (Å²) in [7, 11) is 0. The summed E-state index contributed by atoms with van der Waals surface area (Å²) in [5.74, 6) is 0. The molecule has 1 rings (SSSR count). The Hall–Kier alpha value is -1.93. The zero-order valence-electron chi connectivity index (χ0n) is 19.0. The molecule has 1 aliphatic carbocycles. The third kappa shape index (κ3) is 7.98. The first-order valence-corrected chi connectivity index (χ1v) is 10.4. The molecule has 0 spiro atoms. The van der Waals surface area contributed by atoms with E-state index in [9.17, 15) is 0 Å².